The highest BCUT2D eigenvalue weighted by molar-refractivity contribution is 6.33. The second-order valence-corrected chi connectivity index (χ2v) is 5.67. The van der Waals surface area contributed by atoms with E-state index in [-0.39, 0.29) is 5.91 Å². The lowest BCUT2D eigenvalue weighted by atomic mass is 10.1. The second-order valence-electron chi connectivity index (χ2n) is 5.26. The van der Waals surface area contributed by atoms with Crippen LogP contribution in [0.25, 0.3) is 6.08 Å². The monoisotopic (exact) mass is 361 g/mol. The molecule has 2 aromatic rings. The van der Waals surface area contributed by atoms with Crippen molar-refractivity contribution in [1.82, 2.24) is 0 Å². The molecule has 0 aliphatic heterocycles. The average molecular weight is 362 g/mol. The number of carbonyl (C=O) groups is 1. The molecule has 0 atom stereocenters. The molecule has 0 bridgehead atoms. The van der Waals surface area contributed by atoms with Gasteiger partial charge in [0, 0.05) is 6.08 Å². The molecule has 0 unspecified atom stereocenters. The molecule has 2 aromatic carbocycles. The first-order chi connectivity index (χ1) is 12.0. The number of nitrogens with one attached hydrogen (secondary N) is 1. The second kappa shape index (κ2) is 8.44. The Morgan fingerprint density at radius 2 is 1.68 bits per heavy atom. The van der Waals surface area contributed by atoms with Gasteiger partial charge < -0.3 is 19.5 Å². The maximum absolute atomic E-state index is 12.1. The molecule has 0 fully saturated rings. The summed E-state index contributed by atoms with van der Waals surface area (Å²) in [5.41, 5.74) is 2.32. The van der Waals surface area contributed by atoms with Gasteiger partial charge in [0.2, 0.25) is 11.7 Å². The Bertz CT molecular complexity index is 777. The number of carbonyl (C=O) groups excluding carboxylic acids is 1. The van der Waals surface area contributed by atoms with E-state index in [1.54, 1.807) is 30.3 Å². The quantitative estimate of drug-likeness (QED) is 0.778. The Balaban J connectivity index is 2.19. The molecule has 2 rings (SSSR count). The molecule has 25 heavy (non-hydrogen) atoms. The van der Waals surface area contributed by atoms with E-state index in [1.807, 2.05) is 13.0 Å². The highest BCUT2D eigenvalue weighted by Gasteiger charge is 2.12. The molecular formula is C19H20ClNO4. The lowest BCUT2D eigenvalue weighted by molar-refractivity contribution is -0.111. The van der Waals surface area contributed by atoms with Gasteiger partial charge in [-0.05, 0) is 48.4 Å². The van der Waals surface area contributed by atoms with E-state index < -0.39 is 0 Å². The first kappa shape index (κ1) is 18.7. The zero-order valence-corrected chi connectivity index (χ0v) is 15.3. The number of methoxy groups -OCH3 is 3. The van der Waals surface area contributed by atoms with E-state index in [1.165, 1.54) is 27.4 Å². The fourth-order valence-corrected chi connectivity index (χ4v) is 2.55. The molecule has 0 spiro atoms. The first-order valence-corrected chi connectivity index (χ1v) is 7.91. The molecular weight excluding hydrogens is 342 g/mol. The summed E-state index contributed by atoms with van der Waals surface area (Å²) in [4.78, 5) is 12.1. The number of aryl methyl sites for hydroxylation is 1. The van der Waals surface area contributed by atoms with Crippen LogP contribution in [0.4, 0.5) is 5.69 Å². The van der Waals surface area contributed by atoms with Crippen molar-refractivity contribution in [3.8, 4) is 17.2 Å². The van der Waals surface area contributed by atoms with Crippen LogP contribution in [0.5, 0.6) is 17.2 Å². The lowest BCUT2D eigenvalue weighted by Crippen LogP contribution is -2.08. The van der Waals surface area contributed by atoms with E-state index in [4.69, 9.17) is 25.8 Å². The molecule has 1 amide bonds. The fourth-order valence-electron chi connectivity index (χ4n) is 2.27. The van der Waals surface area contributed by atoms with E-state index in [9.17, 15) is 4.79 Å². The van der Waals surface area contributed by atoms with Crippen LogP contribution in [0, 0.1) is 6.92 Å². The summed E-state index contributed by atoms with van der Waals surface area (Å²) in [7, 11) is 4.61. The van der Waals surface area contributed by atoms with Gasteiger partial charge in [0.15, 0.2) is 11.5 Å². The van der Waals surface area contributed by atoms with Crippen LogP contribution >= 0.6 is 11.6 Å². The van der Waals surface area contributed by atoms with Crippen LogP contribution in [0.15, 0.2) is 36.4 Å². The molecule has 0 aromatic heterocycles. The summed E-state index contributed by atoms with van der Waals surface area (Å²) in [6.45, 7) is 1.93. The third kappa shape index (κ3) is 4.67. The zero-order chi connectivity index (χ0) is 18.4. The number of anilines is 1. The molecule has 0 saturated heterocycles. The molecule has 0 aliphatic carbocycles. The molecule has 0 radical (unpaired) electrons. The minimum atomic E-state index is -0.292. The SMILES string of the molecule is COc1cc(/C=C/C(=O)Nc2ccc(C)cc2Cl)cc(OC)c1OC. The summed E-state index contributed by atoms with van der Waals surface area (Å²) in [5.74, 6) is 1.24. The van der Waals surface area contributed by atoms with Crippen molar-refractivity contribution in [3.63, 3.8) is 0 Å². The van der Waals surface area contributed by atoms with Crippen molar-refractivity contribution >= 4 is 29.3 Å². The number of hydrogen-bond donors (Lipinski definition) is 1. The van der Waals surface area contributed by atoms with Gasteiger partial charge in [0.25, 0.3) is 0 Å². The van der Waals surface area contributed by atoms with Crippen LogP contribution in [0.1, 0.15) is 11.1 Å². The maximum Gasteiger partial charge on any atom is 0.248 e. The largest absolute Gasteiger partial charge is 0.493 e. The van der Waals surface area contributed by atoms with Gasteiger partial charge in [0.05, 0.1) is 32.0 Å². The molecule has 5 nitrogen and oxygen atoms in total. The highest BCUT2D eigenvalue weighted by atomic mass is 35.5. The lowest BCUT2D eigenvalue weighted by Gasteiger charge is -2.12. The topological polar surface area (TPSA) is 56.8 Å². The third-order valence-corrected chi connectivity index (χ3v) is 3.81. The number of amides is 1. The van der Waals surface area contributed by atoms with Crippen molar-refractivity contribution in [2.24, 2.45) is 0 Å². The van der Waals surface area contributed by atoms with Gasteiger partial charge in [0.1, 0.15) is 0 Å². The van der Waals surface area contributed by atoms with Crippen LogP contribution in [-0.4, -0.2) is 27.2 Å². The van der Waals surface area contributed by atoms with Crippen molar-refractivity contribution < 1.29 is 19.0 Å². The van der Waals surface area contributed by atoms with E-state index in [0.717, 1.165) is 11.1 Å². The standard InChI is InChI=1S/C19H20ClNO4/c1-12-5-7-15(14(20)9-12)21-18(22)8-6-13-10-16(23-2)19(25-4)17(11-13)24-3/h5-11H,1-4H3,(H,21,22)/b8-6+. The van der Waals surface area contributed by atoms with Crippen LogP contribution in [0.2, 0.25) is 5.02 Å². The molecule has 132 valence electrons. The Kier molecular flexibility index (Phi) is 6.31. The molecule has 0 heterocycles. The number of halogens is 1. The fraction of sp³-hybridized carbons (Fsp3) is 0.211. The van der Waals surface area contributed by atoms with Gasteiger partial charge >= 0.3 is 0 Å². The van der Waals surface area contributed by atoms with Gasteiger partial charge in [-0.25, -0.2) is 0 Å². The number of benzene rings is 2. The van der Waals surface area contributed by atoms with Crippen molar-refractivity contribution in [2.45, 2.75) is 6.92 Å². The normalized spacial score (nSPS) is 10.6. The Morgan fingerprint density at radius 3 is 2.20 bits per heavy atom. The van der Waals surface area contributed by atoms with E-state index in [2.05, 4.69) is 5.32 Å². The van der Waals surface area contributed by atoms with Crippen LogP contribution in [0.3, 0.4) is 0 Å². The molecule has 0 aliphatic rings. The van der Waals surface area contributed by atoms with Crippen LogP contribution in [-0.2, 0) is 4.79 Å². The van der Waals surface area contributed by atoms with Crippen molar-refractivity contribution in [1.29, 1.82) is 0 Å². The number of ether oxygens (including phenoxy) is 3. The minimum absolute atomic E-state index is 0.292. The van der Waals surface area contributed by atoms with Gasteiger partial charge in [-0.15, -0.1) is 0 Å². The van der Waals surface area contributed by atoms with Crippen molar-refractivity contribution in [3.05, 3.63) is 52.6 Å². The average Bonchev–Trinajstić information content (AvgIpc) is 2.61. The Morgan fingerprint density at radius 1 is 1.04 bits per heavy atom. The maximum atomic E-state index is 12.1. The van der Waals surface area contributed by atoms with Gasteiger partial charge in [-0.3, -0.25) is 4.79 Å². The molecule has 1 N–H and O–H groups in total. The van der Waals surface area contributed by atoms with Gasteiger partial charge in [-0.2, -0.15) is 0 Å². The Hall–Kier alpha value is -2.66. The molecule has 0 saturated carbocycles. The zero-order valence-electron chi connectivity index (χ0n) is 14.6. The molecule has 6 heteroatoms. The van der Waals surface area contributed by atoms with Crippen molar-refractivity contribution in [2.75, 3.05) is 26.6 Å². The smallest absolute Gasteiger partial charge is 0.248 e. The third-order valence-electron chi connectivity index (χ3n) is 3.50. The highest BCUT2D eigenvalue weighted by Crippen LogP contribution is 2.38. The first-order valence-electron chi connectivity index (χ1n) is 7.53. The number of rotatable bonds is 6. The van der Waals surface area contributed by atoms with Crippen LogP contribution < -0.4 is 19.5 Å². The Labute approximate surface area is 152 Å². The predicted octanol–water partition coefficient (Wildman–Crippen LogP) is 4.33. The van der Waals surface area contributed by atoms with Gasteiger partial charge in [-0.1, -0.05) is 17.7 Å². The summed E-state index contributed by atoms with van der Waals surface area (Å²) >= 11 is 6.12. The summed E-state index contributed by atoms with van der Waals surface area (Å²) < 4.78 is 15.9. The summed E-state index contributed by atoms with van der Waals surface area (Å²) in [6, 6.07) is 8.95. The minimum Gasteiger partial charge on any atom is -0.493 e. The van der Waals surface area contributed by atoms with E-state index in [0.29, 0.717) is 28.0 Å². The summed E-state index contributed by atoms with van der Waals surface area (Å²) in [5, 5.41) is 3.24. The van der Waals surface area contributed by atoms with E-state index >= 15 is 0 Å². The summed E-state index contributed by atoms with van der Waals surface area (Å²) in [6.07, 6.45) is 3.07. The predicted molar refractivity (Wildman–Crippen MR) is 100.0 cm³/mol. The number of hydrogen-bond acceptors (Lipinski definition) is 4.